The highest BCUT2D eigenvalue weighted by atomic mass is 16.5. The average molecular weight is 244 g/mol. The van der Waals surface area contributed by atoms with E-state index in [1.165, 1.54) is 0 Å². The van der Waals surface area contributed by atoms with Crippen LogP contribution in [0.15, 0.2) is 0 Å². The van der Waals surface area contributed by atoms with Crippen LogP contribution < -0.4 is 0 Å². The van der Waals surface area contributed by atoms with Gasteiger partial charge in [0.2, 0.25) is 0 Å². The van der Waals surface area contributed by atoms with E-state index in [4.69, 9.17) is 9.47 Å². The fraction of sp³-hybridized carbons (Fsp3) is 0.929. The molecule has 0 saturated heterocycles. The Balaban J connectivity index is 3.53. The molecular weight excluding hydrogens is 216 g/mol. The minimum Gasteiger partial charge on any atom is -0.465 e. The summed E-state index contributed by atoms with van der Waals surface area (Å²) in [4.78, 5) is 11.6. The lowest BCUT2D eigenvalue weighted by Crippen LogP contribution is -2.21. The molecule has 0 radical (unpaired) electrons. The summed E-state index contributed by atoms with van der Waals surface area (Å²) in [6.45, 7) is 12.1. The van der Waals surface area contributed by atoms with E-state index >= 15 is 0 Å². The van der Waals surface area contributed by atoms with Crippen molar-refractivity contribution in [1.29, 1.82) is 0 Å². The highest BCUT2D eigenvalue weighted by molar-refractivity contribution is 5.72. The Labute approximate surface area is 106 Å². The number of carbonyl (C=O) groups excluding carboxylic acids is 1. The molecule has 3 heteroatoms. The van der Waals surface area contributed by atoms with E-state index in [1.54, 1.807) is 0 Å². The number of esters is 1. The lowest BCUT2D eigenvalue weighted by molar-refractivity contribution is -0.150. The second-order valence-electron chi connectivity index (χ2n) is 5.51. The Bertz CT molecular complexity index is 200. The SMILES string of the molecule is CC(C)CCOCC(C)C(=O)OCCC(C)C. The smallest absolute Gasteiger partial charge is 0.310 e. The van der Waals surface area contributed by atoms with E-state index in [-0.39, 0.29) is 11.9 Å². The molecule has 0 aliphatic rings. The zero-order chi connectivity index (χ0) is 13.3. The fourth-order valence-electron chi connectivity index (χ4n) is 1.18. The molecule has 0 aliphatic carbocycles. The number of rotatable bonds is 9. The third kappa shape index (κ3) is 10.3. The van der Waals surface area contributed by atoms with Crippen LogP contribution in [0.1, 0.15) is 47.5 Å². The Morgan fingerprint density at radius 3 is 2.00 bits per heavy atom. The molecule has 0 N–H and O–H groups in total. The van der Waals surface area contributed by atoms with E-state index in [0.717, 1.165) is 19.4 Å². The van der Waals surface area contributed by atoms with Crippen LogP contribution in [0.5, 0.6) is 0 Å². The topological polar surface area (TPSA) is 35.5 Å². The van der Waals surface area contributed by atoms with Crippen molar-refractivity contribution in [3.63, 3.8) is 0 Å². The van der Waals surface area contributed by atoms with Crippen molar-refractivity contribution in [3.05, 3.63) is 0 Å². The summed E-state index contributed by atoms with van der Waals surface area (Å²) in [6.07, 6.45) is 1.96. The van der Waals surface area contributed by atoms with Gasteiger partial charge < -0.3 is 9.47 Å². The van der Waals surface area contributed by atoms with Crippen LogP contribution in [0.4, 0.5) is 0 Å². The lowest BCUT2D eigenvalue weighted by atomic mass is 10.1. The van der Waals surface area contributed by atoms with Crippen LogP contribution in [0.3, 0.4) is 0 Å². The Morgan fingerprint density at radius 1 is 0.941 bits per heavy atom. The van der Waals surface area contributed by atoms with Gasteiger partial charge in [0.25, 0.3) is 0 Å². The van der Waals surface area contributed by atoms with Gasteiger partial charge in [-0.05, 0) is 31.6 Å². The molecular formula is C14H28O3. The molecule has 0 aromatic heterocycles. The zero-order valence-corrected chi connectivity index (χ0v) is 12.0. The van der Waals surface area contributed by atoms with Crippen LogP contribution in [-0.4, -0.2) is 25.8 Å². The fourth-order valence-corrected chi connectivity index (χ4v) is 1.18. The third-order valence-corrected chi connectivity index (χ3v) is 2.55. The Morgan fingerprint density at radius 2 is 1.47 bits per heavy atom. The molecule has 0 aromatic rings. The van der Waals surface area contributed by atoms with Crippen LogP contribution >= 0.6 is 0 Å². The van der Waals surface area contributed by atoms with Gasteiger partial charge in [0.15, 0.2) is 0 Å². The Hall–Kier alpha value is -0.570. The Kier molecular flexibility index (Phi) is 9.14. The van der Waals surface area contributed by atoms with Gasteiger partial charge in [-0.2, -0.15) is 0 Å². The molecule has 0 fully saturated rings. The minimum atomic E-state index is -0.158. The van der Waals surface area contributed by atoms with Crippen LogP contribution in [0.25, 0.3) is 0 Å². The summed E-state index contributed by atoms with van der Waals surface area (Å²) >= 11 is 0. The van der Waals surface area contributed by atoms with Crippen molar-refractivity contribution >= 4 is 5.97 Å². The monoisotopic (exact) mass is 244 g/mol. The van der Waals surface area contributed by atoms with Gasteiger partial charge in [0, 0.05) is 6.61 Å². The molecule has 1 atom stereocenters. The molecule has 0 aromatic carbocycles. The minimum absolute atomic E-state index is 0.143. The third-order valence-electron chi connectivity index (χ3n) is 2.55. The first-order chi connectivity index (χ1) is 7.93. The van der Waals surface area contributed by atoms with Crippen molar-refractivity contribution in [2.75, 3.05) is 19.8 Å². The van der Waals surface area contributed by atoms with Gasteiger partial charge in [-0.15, -0.1) is 0 Å². The maximum atomic E-state index is 11.6. The predicted molar refractivity (Wildman–Crippen MR) is 69.9 cm³/mol. The summed E-state index contributed by atoms with van der Waals surface area (Å²) in [5.41, 5.74) is 0. The summed E-state index contributed by atoms with van der Waals surface area (Å²) in [5, 5.41) is 0. The summed E-state index contributed by atoms with van der Waals surface area (Å²) in [5.74, 6) is 0.910. The number of hydrogen-bond donors (Lipinski definition) is 0. The predicted octanol–water partition coefficient (Wildman–Crippen LogP) is 3.27. The zero-order valence-electron chi connectivity index (χ0n) is 12.0. The first-order valence-corrected chi connectivity index (χ1v) is 6.67. The highest BCUT2D eigenvalue weighted by Gasteiger charge is 2.14. The van der Waals surface area contributed by atoms with E-state index < -0.39 is 0 Å². The van der Waals surface area contributed by atoms with Gasteiger partial charge >= 0.3 is 5.97 Å². The molecule has 0 spiro atoms. The molecule has 102 valence electrons. The first-order valence-electron chi connectivity index (χ1n) is 6.67. The van der Waals surface area contributed by atoms with Crippen molar-refractivity contribution in [1.82, 2.24) is 0 Å². The summed E-state index contributed by atoms with van der Waals surface area (Å²) in [7, 11) is 0. The molecule has 3 nitrogen and oxygen atoms in total. The summed E-state index contributed by atoms with van der Waals surface area (Å²) < 4.78 is 10.6. The molecule has 17 heavy (non-hydrogen) atoms. The van der Waals surface area contributed by atoms with E-state index in [9.17, 15) is 4.79 Å². The quantitative estimate of drug-likeness (QED) is 0.461. The molecule has 1 unspecified atom stereocenters. The molecule has 0 amide bonds. The van der Waals surface area contributed by atoms with Gasteiger partial charge in [0.1, 0.15) is 0 Å². The van der Waals surface area contributed by atoms with E-state index in [2.05, 4.69) is 27.7 Å². The van der Waals surface area contributed by atoms with Crippen molar-refractivity contribution in [3.8, 4) is 0 Å². The van der Waals surface area contributed by atoms with Crippen LogP contribution in [0, 0.1) is 17.8 Å². The van der Waals surface area contributed by atoms with Crippen molar-refractivity contribution < 1.29 is 14.3 Å². The maximum Gasteiger partial charge on any atom is 0.310 e. The lowest BCUT2D eigenvalue weighted by Gasteiger charge is -2.13. The first kappa shape index (κ1) is 16.4. The number of hydrogen-bond acceptors (Lipinski definition) is 3. The number of ether oxygens (including phenoxy) is 2. The van der Waals surface area contributed by atoms with Crippen LogP contribution in [-0.2, 0) is 14.3 Å². The maximum absolute atomic E-state index is 11.6. The largest absolute Gasteiger partial charge is 0.465 e. The molecule has 0 bridgehead atoms. The van der Waals surface area contributed by atoms with Gasteiger partial charge in [0.05, 0.1) is 19.1 Å². The van der Waals surface area contributed by atoms with Gasteiger partial charge in [-0.3, -0.25) is 4.79 Å². The second kappa shape index (κ2) is 9.46. The van der Waals surface area contributed by atoms with Gasteiger partial charge in [-0.25, -0.2) is 0 Å². The molecule has 0 aliphatic heterocycles. The van der Waals surface area contributed by atoms with Crippen LogP contribution in [0.2, 0.25) is 0 Å². The van der Waals surface area contributed by atoms with E-state index in [1.807, 2.05) is 6.92 Å². The number of carbonyl (C=O) groups is 1. The summed E-state index contributed by atoms with van der Waals surface area (Å²) in [6, 6.07) is 0. The molecule has 0 heterocycles. The van der Waals surface area contributed by atoms with E-state index in [0.29, 0.717) is 25.0 Å². The molecule has 0 saturated carbocycles. The van der Waals surface area contributed by atoms with Gasteiger partial charge in [-0.1, -0.05) is 27.7 Å². The molecule has 0 rings (SSSR count). The normalized spacial score (nSPS) is 13.1. The van der Waals surface area contributed by atoms with Crippen molar-refractivity contribution in [2.24, 2.45) is 17.8 Å². The standard InChI is InChI=1S/C14H28O3/c1-11(2)6-8-16-10-13(5)14(15)17-9-7-12(3)4/h11-13H,6-10H2,1-5H3. The highest BCUT2D eigenvalue weighted by Crippen LogP contribution is 2.05. The second-order valence-corrected chi connectivity index (χ2v) is 5.51. The van der Waals surface area contributed by atoms with Crippen molar-refractivity contribution in [2.45, 2.75) is 47.5 Å². The average Bonchev–Trinajstić information content (AvgIpc) is 2.23.